The molecular weight excluding hydrogens is 204 g/mol. The maximum atomic E-state index is 10.9. The quantitative estimate of drug-likeness (QED) is 0.572. The third-order valence-electron chi connectivity index (χ3n) is 1.57. The smallest absolute Gasteiger partial charge is 0.311 e. The van der Waals surface area contributed by atoms with Crippen molar-refractivity contribution in [1.82, 2.24) is 0 Å². The summed E-state index contributed by atoms with van der Waals surface area (Å²) < 4.78 is 9.88. The minimum absolute atomic E-state index is 0.0630. The fourth-order valence-electron chi connectivity index (χ4n) is 0.863. The van der Waals surface area contributed by atoms with Crippen LogP contribution < -0.4 is 9.47 Å². The first kappa shape index (κ1) is 10.9. The van der Waals surface area contributed by atoms with Gasteiger partial charge in [-0.25, -0.2) is 0 Å². The highest BCUT2D eigenvalue weighted by molar-refractivity contribution is 6.32. The minimum Gasteiger partial charge on any atom is -0.497 e. The van der Waals surface area contributed by atoms with Crippen LogP contribution in [-0.2, 0) is 4.79 Å². The molecule has 0 unspecified atom stereocenters. The van der Waals surface area contributed by atoms with Gasteiger partial charge in [-0.1, -0.05) is 11.6 Å². The molecule has 3 nitrogen and oxygen atoms in total. The average Bonchev–Trinajstić information content (AvgIpc) is 2.21. The van der Waals surface area contributed by atoms with E-state index in [-0.39, 0.29) is 6.42 Å². The lowest BCUT2D eigenvalue weighted by Gasteiger charge is -2.06. The van der Waals surface area contributed by atoms with E-state index in [0.717, 1.165) is 0 Å². The van der Waals surface area contributed by atoms with Crippen LogP contribution in [-0.4, -0.2) is 13.1 Å². The van der Waals surface area contributed by atoms with Crippen molar-refractivity contribution < 1.29 is 14.3 Å². The lowest BCUT2D eigenvalue weighted by molar-refractivity contribution is -0.133. The Morgan fingerprint density at radius 2 is 2.29 bits per heavy atom. The highest BCUT2D eigenvalue weighted by atomic mass is 35.5. The van der Waals surface area contributed by atoms with Crippen molar-refractivity contribution in [3.05, 3.63) is 30.1 Å². The van der Waals surface area contributed by atoms with Gasteiger partial charge in [-0.3, -0.25) is 4.79 Å². The fraction of sp³-hybridized carbons (Fsp3) is 0.200. The van der Waals surface area contributed by atoms with Gasteiger partial charge in [-0.05, 0) is 19.1 Å². The molecule has 75 valence electrons. The first-order valence-corrected chi connectivity index (χ1v) is 4.38. The van der Waals surface area contributed by atoms with E-state index in [0.29, 0.717) is 16.5 Å². The first-order valence-electron chi connectivity index (χ1n) is 4.01. The molecule has 0 aromatic heterocycles. The molecule has 1 aromatic carbocycles. The zero-order valence-corrected chi connectivity index (χ0v) is 8.50. The summed E-state index contributed by atoms with van der Waals surface area (Å²) >= 11 is 5.80. The van der Waals surface area contributed by atoms with Crippen LogP contribution in [0.15, 0.2) is 18.2 Å². The Kier molecular flexibility index (Phi) is 3.77. The maximum absolute atomic E-state index is 10.9. The molecule has 0 bridgehead atoms. The van der Waals surface area contributed by atoms with E-state index in [1.807, 2.05) is 0 Å². The second-order valence-corrected chi connectivity index (χ2v) is 2.93. The van der Waals surface area contributed by atoms with E-state index in [2.05, 4.69) is 6.92 Å². The Morgan fingerprint density at radius 1 is 1.57 bits per heavy atom. The number of hydrogen-bond donors (Lipinski definition) is 0. The number of ether oxygens (including phenoxy) is 2. The lowest BCUT2D eigenvalue weighted by Crippen LogP contribution is -2.06. The predicted octanol–water partition coefficient (Wildman–Crippen LogP) is 2.48. The molecule has 0 N–H and O–H groups in total. The third kappa shape index (κ3) is 2.64. The van der Waals surface area contributed by atoms with Crippen LogP contribution in [0.1, 0.15) is 6.42 Å². The molecule has 1 rings (SSSR count). The molecule has 0 saturated heterocycles. The summed E-state index contributed by atoms with van der Waals surface area (Å²) in [5.41, 5.74) is 0. The minimum atomic E-state index is -0.430. The standard InChI is InChI=1S/C10H10ClO3/c1-3-10(12)14-9-6-7(13-2)4-5-8(9)11/h4-6H,1,3H2,2H3. The molecule has 0 atom stereocenters. The summed E-state index contributed by atoms with van der Waals surface area (Å²) in [6.45, 7) is 3.41. The number of carbonyl (C=O) groups excluding carboxylic acids is 1. The first-order chi connectivity index (χ1) is 6.67. The zero-order valence-electron chi connectivity index (χ0n) is 7.75. The van der Waals surface area contributed by atoms with E-state index in [9.17, 15) is 4.79 Å². The summed E-state index contributed by atoms with van der Waals surface area (Å²) in [5.74, 6) is 0.445. The van der Waals surface area contributed by atoms with Crippen LogP contribution in [0.3, 0.4) is 0 Å². The normalized spacial score (nSPS) is 9.64. The van der Waals surface area contributed by atoms with E-state index in [1.165, 1.54) is 7.11 Å². The second-order valence-electron chi connectivity index (χ2n) is 2.52. The number of rotatable bonds is 3. The summed E-state index contributed by atoms with van der Waals surface area (Å²) in [6.07, 6.45) is 0.0630. The summed E-state index contributed by atoms with van der Waals surface area (Å²) in [5, 5.41) is 0.368. The zero-order chi connectivity index (χ0) is 10.6. The summed E-state index contributed by atoms with van der Waals surface area (Å²) in [7, 11) is 1.52. The van der Waals surface area contributed by atoms with Crippen molar-refractivity contribution in [2.75, 3.05) is 7.11 Å². The number of halogens is 1. The molecule has 14 heavy (non-hydrogen) atoms. The van der Waals surface area contributed by atoms with Gasteiger partial charge in [0.1, 0.15) is 5.75 Å². The molecule has 0 heterocycles. The molecule has 0 amide bonds. The van der Waals surface area contributed by atoms with Crippen molar-refractivity contribution in [2.45, 2.75) is 6.42 Å². The van der Waals surface area contributed by atoms with Gasteiger partial charge in [-0.15, -0.1) is 0 Å². The van der Waals surface area contributed by atoms with Crippen LogP contribution in [0, 0.1) is 6.92 Å². The van der Waals surface area contributed by atoms with E-state index in [4.69, 9.17) is 21.1 Å². The molecule has 4 heteroatoms. The Balaban J connectivity index is 2.89. The third-order valence-corrected chi connectivity index (χ3v) is 1.88. The van der Waals surface area contributed by atoms with Gasteiger partial charge in [0, 0.05) is 12.5 Å². The van der Waals surface area contributed by atoms with E-state index < -0.39 is 5.97 Å². The van der Waals surface area contributed by atoms with Gasteiger partial charge < -0.3 is 9.47 Å². The fourth-order valence-corrected chi connectivity index (χ4v) is 1.02. The molecule has 1 radical (unpaired) electrons. The van der Waals surface area contributed by atoms with Gasteiger partial charge in [0.2, 0.25) is 0 Å². The van der Waals surface area contributed by atoms with Crippen molar-refractivity contribution >= 4 is 17.6 Å². The van der Waals surface area contributed by atoms with Gasteiger partial charge in [0.05, 0.1) is 12.1 Å². The molecule has 0 fully saturated rings. The van der Waals surface area contributed by atoms with Gasteiger partial charge in [0.15, 0.2) is 5.75 Å². The Bertz CT molecular complexity index is 336. The van der Waals surface area contributed by atoms with E-state index in [1.54, 1.807) is 18.2 Å². The predicted molar refractivity (Wildman–Crippen MR) is 53.6 cm³/mol. The Hall–Kier alpha value is -1.22. The summed E-state index contributed by atoms with van der Waals surface area (Å²) in [6, 6.07) is 4.84. The van der Waals surface area contributed by atoms with Crippen molar-refractivity contribution in [3.63, 3.8) is 0 Å². The average molecular weight is 214 g/mol. The molecular formula is C10H10ClO3. The molecule has 1 aromatic rings. The molecule has 0 aliphatic carbocycles. The topological polar surface area (TPSA) is 35.5 Å². The van der Waals surface area contributed by atoms with Gasteiger partial charge >= 0.3 is 5.97 Å². The lowest BCUT2D eigenvalue weighted by atomic mass is 10.3. The molecule has 0 saturated carbocycles. The Labute approximate surface area is 87.6 Å². The van der Waals surface area contributed by atoms with Crippen molar-refractivity contribution in [1.29, 1.82) is 0 Å². The molecule has 0 aliphatic heterocycles. The largest absolute Gasteiger partial charge is 0.497 e. The van der Waals surface area contributed by atoms with Crippen LogP contribution in [0.25, 0.3) is 0 Å². The number of methoxy groups -OCH3 is 1. The number of benzene rings is 1. The van der Waals surface area contributed by atoms with Crippen LogP contribution in [0.4, 0.5) is 0 Å². The van der Waals surface area contributed by atoms with Gasteiger partial charge in [0.25, 0.3) is 0 Å². The SMILES string of the molecule is [CH2]CC(=O)Oc1cc(OC)ccc1Cl. The second kappa shape index (κ2) is 4.86. The Morgan fingerprint density at radius 3 is 2.86 bits per heavy atom. The van der Waals surface area contributed by atoms with E-state index >= 15 is 0 Å². The van der Waals surface area contributed by atoms with Crippen molar-refractivity contribution in [3.8, 4) is 11.5 Å². The number of esters is 1. The van der Waals surface area contributed by atoms with Crippen molar-refractivity contribution in [2.24, 2.45) is 0 Å². The van der Waals surface area contributed by atoms with Crippen LogP contribution in [0.5, 0.6) is 11.5 Å². The van der Waals surface area contributed by atoms with Crippen LogP contribution >= 0.6 is 11.6 Å². The summed E-state index contributed by atoms with van der Waals surface area (Å²) in [4.78, 5) is 10.9. The highest BCUT2D eigenvalue weighted by Gasteiger charge is 2.07. The highest BCUT2D eigenvalue weighted by Crippen LogP contribution is 2.28. The maximum Gasteiger partial charge on any atom is 0.311 e. The molecule has 0 spiro atoms. The monoisotopic (exact) mass is 213 g/mol. The van der Waals surface area contributed by atoms with Crippen LogP contribution in [0.2, 0.25) is 5.02 Å². The number of hydrogen-bond acceptors (Lipinski definition) is 3. The molecule has 0 aliphatic rings. The number of carbonyl (C=O) groups is 1. The van der Waals surface area contributed by atoms with Gasteiger partial charge in [-0.2, -0.15) is 0 Å².